The summed E-state index contributed by atoms with van der Waals surface area (Å²) in [4.78, 5) is 12.8. The van der Waals surface area contributed by atoms with Crippen molar-refractivity contribution in [2.24, 2.45) is 0 Å². The molecule has 1 aromatic heterocycles. The van der Waals surface area contributed by atoms with E-state index in [1.165, 1.54) is 5.56 Å². The zero-order valence-electron chi connectivity index (χ0n) is 15.4. The van der Waals surface area contributed by atoms with Crippen LogP contribution in [0.2, 0.25) is 0 Å². The van der Waals surface area contributed by atoms with Gasteiger partial charge in [-0.2, -0.15) is 0 Å². The number of amides is 1. The molecule has 2 aromatic carbocycles. The van der Waals surface area contributed by atoms with Crippen LogP contribution < -0.4 is 10.1 Å². The topological polar surface area (TPSA) is 43.3 Å². The lowest BCUT2D eigenvalue weighted by atomic mass is 9.98. The first-order valence-electron chi connectivity index (χ1n) is 8.71. The molecule has 0 fully saturated rings. The largest absolute Gasteiger partial charge is 0.495 e. The van der Waals surface area contributed by atoms with E-state index in [1.807, 2.05) is 61.8 Å². The Balaban J connectivity index is 1.85. The number of nitrogens with zero attached hydrogens (tertiary/aromatic N) is 1. The van der Waals surface area contributed by atoms with Crippen LogP contribution in [-0.2, 0) is 4.79 Å². The first-order valence-corrected chi connectivity index (χ1v) is 8.71. The number of nitrogens with one attached hydrogen (secondary N) is 1. The lowest BCUT2D eigenvalue weighted by Gasteiger charge is -2.21. The van der Waals surface area contributed by atoms with Gasteiger partial charge in [-0.15, -0.1) is 0 Å². The lowest BCUT2D eigenvalue weighted by Crippen LogP contribution is -2.20. The molecule has 4 nitrogen and oxygen atoms in total. The van der Waals surface area contributed by atoms with Crippen molar-refractivity contribution in [3.63, 3.8) is 0 Å². The Bertz CT molecular complexity index is 885. The van der Waals surface area contributed by atoms with Crippen LogP contribution in [0.1, 0.15) is 29.2 Å². The van der Waals surface area contributed by atoms with Gasteiger partial charge >= 0.3 is 0 Å². The first-order chi connectivity index (χ1) is 12.6. The van der Waals surface area contributed by atoms with E-state index < -0.39 is 0 Å². The summed E-state index contributed by atoms with van der Waals surface area (Å²) in [7, 11) is 1.61. The molecule has 1 N–H and O–H groups in total. The number of anilines is 1. The van der Waals surface area contributed by atoms with Gasteiger partial charge in [0, 0.05) is 12.4 Å². The van der Waals surface area contributed by atoms with E-state index >= 15 is 0 Å². The molecule has 4 heteroatoms. The molecule has 1 atom stereocenters. The molecule has 134 valence electrons. The Labute approximate surface area is 154 Å². The molecule has 0 saturated heterocycles. The van der Waals surface area contributed by atoms with E-state index in [-0.39, 0.29) is 11.9 Å². The fraction of sp³-hybridized carbons (Fsp3) is 0.227. The molecule has 0 unspecified atom stereocenters. The van der Waals surface area contributed by atoms with Gasteiger partial charge in [-0.3, -0.25) is 4.79 Å². The number of methoxy groups -OCH3 is 1. The van der Waals surface area contributed by atoms with Crippen LogP contribution in [0.15, 0.2) is 67.0 Å². The number of rotatable bonds is 6. The molecule has 3 aromatic rings. The van der Waals surface area contributed by atoms with Crippen molar-refractivity contribution in [3.8, 4) is 5.75 Å². The van der Waals surface area contributed by atoms with E-state index in [2.05, 4.69) is 28.9 Å². The number of benzene rings is 2. The Morgan fingerprint density at radius 1 is 1.08 bits per heavy atom. The maximum Gasteiger partial charge on any atom is 0.226 e. The minimum Gasteiger partial charge on any atom is -0.495 e. The third-order valence-corrected chi connectivity index (χ3v) is 4.54. The molecular weight excluding hydrogens is 324 g/mol. The second-order valence-electron chi connectivity index (χ2n) is 6.46. The maximum absolute atomic E-state index is 12.8. The summed E-state index contributed by atoms with van der Waals surface area (Å²) in [5.41, 5.74) is 4.10. The first kappa shape index (κ1) is 17.8. The van der Waals surface area contributed by atoms with Gasteiger partial charge in [0.1, 0.15) is 5.75 Å². The number of hydrogen-bond acceptors (Lipinski definition) is 2. The summed E-state index contributed by atoms with van der Waals surface area (Å²) in [6.07, 6.45) is 4.34. The van der Waals surface area contributed by atoms with Crippen LogP contribution in [0, 0.1) is 13.8 Å². The summed E-state index contributed by atoms with van der Waals surface area (Å²) in [6, 6.07) is 17.9. The Morgan fingerprint density at radius 3 is 2.50 bits per heavy atom. The summed E-state index contributed by atoms with van der Waals surface area (Å²) in [6.45, 7) is 4.07. The second-order valence-corrected chi connectivity index (χ2v) is 6.46. The predicted molar refractivity (Wildman–Crippen MR) is 105 cm³/mol. The van der Waals surface area contributed by atoms with Crippen LogP contribution >= 0.6 is 0 Å². The zero-order chi connectivity index (χ0) is 18.5. The number of aromatic nitrogens is 1. The molecule has 0 aliphatic heterocycles. The Morgan fingerprint density at radius 2 is 1.81 bits per heavy atom. The minimum atomic E-state index is -0.0537. The van der Waals surface area contributed by atoms with Crippen molar-refractivity contribution >= 4 is 11.6 Å². The molecule has 0 aliphatic rings. The fourth-order valence-corrected chi connectivity index (χ4v) is 3.19. The highest BCUT2D eigenvalue weighted by Crippen LogP contribution is 2.28. The van der Waals surface area contributed by atoms with E-state index in [4.69, 9.17) is 4.74 Å². The predicted octanol–water partition coefficient (Wildman–Crippen LogP) is 4.73. The van der Waals surface area contributed by atoms with Gasteiger partial charge in [-0.25, -0.2) is 0 Å². The summed E-state index contributed by atoms with van der Waals surface area (Å²) < 4.78 is 7.44. The van der Waals surface area contributed by atoms with Crippen LogP contribution in [0.5, 0.6) is 5.75 Å². The molecule has 0 saturated carbocycles. The van der Waals surface area contributed by atoms with Crippen LogP contribution in [0.4, 0.5) is 5.69 Å². The van der Waals surface area contributed by atoms with Crippen LogP contribution in [-0.4, -0.2) is 17.6 Å². The highest BCUT2D eigenvalue weighted by Gasteiger charge is 2.19. The van der Waals surface area contributed by atoms with Gasteiger partial charge in [0.25, 0.3) is 0 Å². The molecule has 0 spiro atoms. The van der Waals surface area contributed by atoms with Crippen molar-refractivity contribution < 1.29 is 9.53 Å². The van der Waals surface area contributed by atoms with E-state index in [0.29, 0.717) is 17.9 Å². The fourth-order valence-electron chi connectivity index (χ4n) is 3.19. The third kappa shape index (κ3) is 3.97. The molecule has 0 aliphatic carbocycles. The standard InChI is InChI=1S/C22H24N2O2/c1-16-10-11-21(26-3)19(14-16)23-22(25)15-20(24-12-6-7-13-24)18-9-5-4-8-17(18)2/h4-14,20H,15H2,1-3H3,(H,23,25)/t20-/m1/s1. The van der Waals surface area contributed by atoms with Crippen LogP contribution in [0.3, 0.4) is 0 Å². The molecule has 1 heterocycles. The summed E-state index contributed by atoms with van der Waals surface area (Å²) in [5.74, 6) is 0.619. The Kier molecular flexibility index (Phi) is 5.42. The third-order valence-electron chi connectivity index (χ3n) is 4.54. The number of ether oxygens (including phenoxy) is 1. The summed E-state index contributed by atoms with van der Waals surface area (Å²) in [5, 5.41) is 3.01. The van der Waals surface area contributed by atoms with Gasteiger partial charge < -0.3 is 14.6 Å². The van der Waals surface area contributed by atoms with Gasteiger partial charge in [-0.05, 0) is 54.8 Å². The van der Waals surface area contributed by atoms with E-state index in [1.54, 1.807) is 7.11 Å². The van der Waals surface area contributed by atoms with Crippen molar-refractivity contribution in [2.75, 3.05) is 12.4 Å². The number of carbonyl (C=O) groups excluding carboxylic acids is 1. The van der Waals surface area contributed by atoms with Gasteiger partial charge in [0.2, 0.25) is 5.91 Å². The molecule has 1 amide bonds. The van der Waals surface area contributed by atoms with Crippen molar-refractivity contribution in [1.29, 1.82) is 0 Å². The Hall–Kier alpha value is -3.01. The SMILES string of the molecule is COc1ccc(C)cc1NC(=O)C[C@H](c1ccccc1C)n1cccc1. The molecule has 0 bridgehead atoms. The molecule has 0 radical (unpaired) electrons. The van der Waals surface area contributed by atoms with Crippen molar-refractivity contribution in [3.05, 3.63) is 83.7 Å². The lowest BCUT2D eigenvalue weighted by molar-refractivity contribution is -0.116. The van der Waals surface area contributed by atoms with E-state index in [9.17, 15) is 4.79 Å². The highest BCUT2D eigenvalue weighted by molar-refractivity contribution is 5.93. The number of hydrogen-bond donors (Lipinski definition) is 1. The minimum absolute atomic E-state index is 0.0455. The molecular formula is C22H24N2O2. The quantitative estimate of drug-likeness (QED) is 0.700. The smallest absolute Gasteiger partial charge is 0.226 e. The average molecular weight is 348 g/mol. The molecule has 26 heavy (non-hydrogen) atoms. The maximum atomic E-state index is 12.8. The van der Waals surface area contributed by atoms with Crippen molar-refractivity contribution in [2.45, 2.75) is 26.3 Å². The van der Waals surface area contributed by atoms with Gasteiger partial charge in [0.05, 0.1) is 25.3 Å². The van der Waals surface area contributed by atoms with E-state index in [0.717, 1.165) is 11.1 Å². The molecule has 3 rings (SSSR count). The second kappa shape index (κ2) is 7.91. The average Bonchev–Trinajstić information content (AvgIpc) is 3.15. The normalized spacial score (nSPS) is 11.8. The van der Waals surface area contributed by atoms with Gasteiger partial charge in [-0.1, -0.05) is 30.3 Å². The monoisotopic (exact) mass is 348 g/mol. The van der Waals surface area contributed by atoms with Crippen LogP contribution in [0.25, 0.3) is 0 Å². The van der Waals surface area contributed by atoms with Gasteiger partial charge in [0.15, 0.2) is 0 Å². The van der Waals surface area contributed by atoms with Crippen molar-refractivity contribution in [1.82, 2.24) is 4.57 Å². The summed E-state index contributed by atoms with van der Waals surface area (Å²) >= 11 is 0. The highest BCUT2D eigenvalue weighted by atomic mass is 16.5. The number of carbonyl (C=O) groups is 1. The number of aryl methyl sites for hydroxylation is 2. The zero-order valence-corrected chi connectivity index (χ0v) is 15.4.